The largest absolute Gasteiger partial charge is 0.490 e. The molecule has 2 fully saturated rings. The second-order valence-electron chi connectivity index (χ2n) is 10.1. The minimum absolute atomic E-state index is 0.0409. The van der Waals surface area contributed by atoms with Crippen molar-refractivity contribution in [2.45, 2.75) is 89.5 Å². The molecule has 2 aromatic carbocycles. The summed E-state index contributed by atoms with van der Waals surface area (Å²) in [6.45, 7) is 3.69. The molecule has 0 aliphatic heterocycles. The fourth-order valence-corrected chi connectivity index (χ4v) is 5.56. The Morgan fingerprint density at radius 3 is 2.10 bits per heavy atom. The molecule has 0 radical (unpaired) electrons. The Kier molecular flexibility index (Phi) is 6.26. The lowest BCUT2D eigenvalue weighted by Gasteiger charge is -2.36. The van der Waals surface area contributed by atoms with Crippen LogP contribution in [0.3, 0.4) is 0 Å². The Labute approximate surface area is 183 Å². The van der Waals surface area contributed by atoms with Crippen LogP contribution in [0.4, 0.5) is 13.2 Å². The third-order valence-electron chi connectivity index (χ3n) is 7.34. The number of hydrogen-bond donors (Lipinski definition) is 1. The smallest absolute Gasteiger partial charge is 0.420 e. The van der Waals surface area contributed by atoms with Crippen molar-refractivity contribution in [3.05, 3.63) is 41.5 Å². The highest BCUT2D eigenvalue weighted by molar-refractivity contribution is 5.89. The van der Waals surface area contributed by atoms with E-state index in [1.165, 1.54) is 44.2 Å². The maximum atomic E-state index is 14.1. The van der Waals surface area contributed by atoms with E-state index in [2.05, 4.69) is 0 Å². The predicted octanol–water partition coefficient (Wildman–Crippen LogP) is 7.57. The lowest BCUT2D eigenvalue weighted by atomic mass is 9.73. The summed E-state index contributed by atoms with van der Waals surface area (Å²) < 4.78 is 48.2. The second kappa shape index (κ2) is 8.65. The molecule has 0 unspecified atom stereocenters. The van der Waals surface area contributed by atoms with Gasteiger partial charge >= 0.3 is 6.18 Å². The molecular weight excluding hydrogens is 399 g/mol. The van der Waals surface area contributed by atoms with E-state index in [-0.39, 0.29) is 17.2 Å². The van der Waals surface area contributed by atoms with Crippen molar-refractivity contribution in [2.75, 3.05) is 0 Å². The summed E-state index contributed by atoms with van der Waals surface area (Å²) in [7, 11) is 0. The van der Waals surface area contributed by atoms with Gasteiger partial charge in [0.15, 0.2) is 0 Å². The molecule has 2 aliphatic rings. The molecule has 0 heterocycles. The van der Waals surface area contributed by atoms with E-state index in [1.807, 2.05) is 13.8 Å². The minimum atomic E-state index is -4.48. The number of alkyl halides is 3. The number of halogens is 3. The molecule has 2 N–H and O–H groups in total. The van der Waals surface area contributed by atoms with Crippen molar-refractivity contribution in [1.82, 2.24) is 0 Å². The van der Waals surface area contributed by atoms with Crippen LogP contribution in [0, 0.1) is 11.8 Å². The van der Waals surface area contributed by atoms with Crippen LogP contribution in [-0.4, -0.2) is 6.10 Å². The highest BCUT2D eigenvalue weighted by atomic mass is 19.4. The summed E-state index contributed by atoms with van der Waals surface area (Å²) in [4.78, 5) is 0. The normalized spacial score (nSPS) is 23.8. The lowest BCUT2D eigenvalue weighted by Crippen LogP contribution is -2.29. The van der Waals surface area contributed by atoms with Gasteiger partial charge in [0.25, 0.3) is 0 Å². The van der Waals surface area contributed by atoms with Crippen molar-refractivity contribution in [3.63, 3.8) is 0 Å². The van der Waals surface area contributed by atoms with Gasteiger partial charge in [-0.25, -0.2) is 0 Å². The molecule has 4 rings (SSSR count). The predicted molar refractivity (Wildman–Crippen MR) is 119 cm³/mol. The number of ether oxygens (including phenoxy) is 1. The summed E-state index contributed by atoms with van der Waals surface area (Å²) >= 11 is 0. The standard InChI is InChI=1S/C26H34F3NO/c1-25(2,30)20-11-14-22-19(16-20)10-15-23(24(22)26(27,28)29)31-21-12-8-18(9-13-21)17-6-4-3-5-7-17/h10-11,14-18,21H,3-9,12-13,30H2,1-2H3. The molecule has 2 saturated carbocycles. The maximum Gasteiger partial charge on any atom is 0.420 e. The first-order valence-corrected chi connectivity index (χ1v) is 11.7. The molecule has 2 nitrogen and oxygen atoms in total. The highest BCUT2D eigenvalue weighted by Crippen LogP contribution is 2.44. The fourth-order valence-electron chi connectivity index (χ4n) is 5.56. The highest BCUT2D eigenvalue weighted by Gasteiger charge is 2.38. The van der Waals surface area contributed by atoms with Gasteiger partial charge in [-0.1, -0.05) is 50.3 Å². The van der Waals surface area contributed by atoms with Crippen molar-refractivity contribution < 1.29 is 17.9 Å². The van der Waals surface area contributed by atoms with Gasteiger partial charge in [-0.05, 0) is 79.8 Å². The van der Waals surface area contributed by atoms with Crippen molar-refractivity contribution in [2.24, 2.45) is 17.6 Å². The maximum absolute atomic E-state index is 14.1. The molecule has 0 amide bonds. The van der Waals surface area contributed by atoms with Crippen LogP contribution in [-0.2, 0) is 11.7 Å². The topological polar surface area (TPSA) is 35.2 Å². The average molecular weight is 434 g/mol. The van der Waals surface area contributed by atoms with Gasteiger partial charge in [-0.3, -0.25) is 0 Å². The van der Waals surface area contributed by atoms with E-state index in [0.717, 1.165) is 43.1 Å². The van der Waals surface area contributed by atoms with Gasteiger partial charge in [0.05, 0.1) is 6.10 Å². The summed E-state index contributed by atoms with van der Waals surface area (Å²) in [6.07, 6.45) is 5.86. The zero-order valence-electron chi connectivity index (χ0n) is 18.6. The van der Waals surface area contributed by atoms with E-state index in [9.17, 15) is 13.2 Å². The first-order valence-electron chi connectivity index (χ1n) is 11.7. The van der Waals surface area contributed by atoms with Crippen molar-refractivity contribution >= 4 is 10.8 Å². The Hall–Kier alpha value is -1.75. The van der Waals surface area contributed by atoms with Crippen molar-refractivity contribution in [3.8, 4) is 5.75 Å². The molecule has 0 saturated heterocycles. The lowest BCUT2D eigenvalue weighted by molar-refractivity contribution is -0.138. The van der Waals surface area contributed by atoms with E-state index in [0.29, 0.717) is 5.39 Å². The average Bonchev–Trinajstić information content (AvgIpc) is 2.73. The Bertz CT molecular complexity index is 901. The summed E-state index contributed by atoms with van der Waals surface area (Å²) in [6, 6.07) is 8.20. The molecular formula is C26H34F3NO. The molecule has 31 heavy (non-hydrogen) atoms. The zero-order valence-corrected chi connectivity index (χ0v) is 18.6. The van der Waals surface area contributed by atoms with E-state index < -0.39 is 17.3 Å². The quantitative estimate of drug-likeness (QED) is 0.540. The van der Waals surface area contributed by atoms with Crippen LogP contribution >= 0.6 is 0 Å². The number of benzene rings is 2. The van der Waals surface area contributed by atoms with Crippen LogP contribution in [0.1, 0.15) is 82.8 Å². The molecule has 170 valence electrons. The number of nitrogens with two attached hydrogens (primary N) is 1. The van der Waals surface area contributed by atoms with Crippen LogP contribution in [0.5, 0.6) is 5.75 Å². The molecule has 5 heteroatoms. The summed E-state index contributed by atoms with van der Waals surface area (Å²) in [5, 5.41) is 0.714. The Balaban J connectivity index is 1.55. The van der Waals surface area contributed by atoms with E-state index in [1.54, 1.807) is 18.2 Å². The van der Waals surface area contributed by atoms with Crippen LogP contribution in [0.25, 0.3) is 10.8 Å². The monoisotopic (exact) mass is 433 g/mol. The van der Waals surface area contributed by atoms with Crippen LogP contribution in [0.2, 0.25) is 0 Å². The first kappa shape index (κ1) is 22.4. The first-order chi connectivity index (χ1) is 14.6. The fraction of sp³-hybridized carbons (Fsp3) is 0.615. The third kappa shape index (κ3) is 5.02. The van der Waals surface area contributed by atoms with Crippen LogP contribution in [0.15, 0.2) is 30.3 Å². The molecule has 0 spiro atoms. The molecule has 2 aliphatic carbocycles. The molecule has 2 aromatic rings. The SMILES string of the molecule is CC(C)(N)c1ccc2c(C(F)(F)F)c(OC3CCC(C4CCCCC4)CC3)ccc2c1. The van der Waals surface area contributed by atoms with Crippen LogP contribution < -0.4 is 10.5 Å². The summed E-state index contributed by atoms with van der Waals surface area (Å²) in [5.74, 6) is 1.49. The molecule has 0 atom stereocenters. The van der Waals surface area contributed by atoms with E-state index in [4.69, 9.17) is 10.5 Å². The minimum Gasteiger partial charge on any atom is -0.490 e. The van der Waals surface area contributed by atoms with Gasteiger partial charge in [0, 0.05) is 5.54 Å². The van der Waals surface area contributed by atoms with Gasteiger partial charge in [0.2, 0.25) is 0 Å². The number of fused-ring (bicyclic) bond motifs is 1. The van der Waals surface area contributed by atoms with Gasteiger partial charge in [-0.2, -0.15) is 13.2 Å². The molecule has 0 aromatic heterocycles. The van der Waals surface area contributed by atoms with Gasteiger partial charge < -0.3 is 10.5 Å². The second-order valence-corrected chi connectivity index (χ2v) is 10.1. The van der Waals surface area contributed by atoms with Gasteiger partial charge in [0.1, 0.15) is 11.3 Å². The zero-order chi connectivity index (χ0) is 22.2. The molecule has 0 bridgehead atoms. The van der Waals surface area contributed by atoms with E-state index >= 15 is 0 Å². The van der Waals surface area contributed by atoms with Crippen molar-refractivity contribution in [1.29, 1.82) is 0 Å². The Morgan fingerprint density at radius 2 is 1.48 bits per heavy atom. The number of rotatable bonds is 4. The number of hydrogen-bond acceptors (Lipinski definition) is 2. The Morgan fingerprint density at radius 1 is 0.839 bits per heavy atom. The third-order valence-corrected chi connectivity index (χ3v) is 7.34. The van der Waals surface area contributed by atoms with Gasteiger partial charge in [-0.15, -0.1) is 0 Å². The summed E-state index contributed by atoms with van der Waals surface area (Å²) in [5.41, 5.74) is 5.67.